The summed E-state index contributed by atoms with van der Waals surface area (Å²) in [4.78, 5) is 37.4. The van der Waals surface area contributed by atoms with E-state index in [1.54, 1.807) is 13.0 Å². The van der Waals surface area contributed by atoms with Crippen molar-refractivity contribution in [2.45, 2.75) is 32.6 Å². The van der Waals surface area contributed by atoms with Crippen LogP contribution in [-0.4, -0.2) is 33.4 Å². The number of aryl methyl sites for hydroxylation is 1. The highest BCUT2D eigenvalue weighted by atomic mass is 16.5. The van der Waals surface area contributed by atoms with E-state index in [4.69, 9.17) is 10.5 Å². The minimum atomic E-state index is -1.10. The monoisotopic (exact) mass is 496 g/mol. The van der Waals surface area contributed by atoms with Gasteiger partial charge in [0.15, 0.2) is 0 Å². The van der Waals surface area contributed by atoms with E-state index in [1.807, 2.05) is 84.9 Å². The number of ether oxygens (including phenoxy) is 1. The number of nitrogens with two attached hydrogens (primary N) is 1. The molecule has 1 heterocycles. The lowest BCUT2D eigenvalue weighted by Gasteiger charge is -2.17. The maximum Gasteiger partial charge on any atom is 0.287 e. The first-order valence-corrected chi connectivity index (χ1v) is 11.9. The summed E-state index contributed by atoms with van der Waals surface area (Å²) < 4.78 is 7.36. The highest BCUT2D eigenvalue weighted by molar-refractivity contribution is 6.38. The molecular formula is C29H28N4O4. The Labute approximate surface area is 215 Å². The quantitative estimate of drug-likeness (QED) is 0.309. The molecule has 0 fully saturated rings. The summed E-state index contributed by atoms with van der Waals surface area (Å²) in [5.74, 6) is -2.51. The van der Waals surface area contributed by atoms with Gasteiger partial charge in [-0.1, -0.05) is 72.8 Å². The third-order valence-electron chi connectivity index (χ3n) is 5.75. The summed E-state index contributed by atoms with van der Waals surface area (Å²) in [6, 6.07) is 27.0. The molecular weight excluding hydrogens is 468 g/mol. The molecule has 1 atom stereocenters. The van der Waals surface area contributed by atoms with Crippen molar-refractivity contribution in [1.82, 2.24) is 15.1 Å². The second-order valence-electron chi connectivity index (χ2n) is 8.68. The lowest BCUT2D eigenvalue weighted by molar-refractivity contribution is -0.137. The van der Waals surface area contributed by atoms with Crippen LogP contribution in [0.1, 0.15) is 32.9 Å². The number of nitrogens with zero attached hydrogens (tertiary/aromatic N) is 2. The summed E-state index contributed by atoms with van der Waals surface area (Å²) in [7, 11) is 0. The van der Waals surface area contributed by atoms with Crippen LogP contribution in [0.15, 0.2) is 91.0 Å². The van der Waals surface area contributed by atoms with Crippen molar-refractivity contribution in [3.8, 4) is 5.69 Å². The first kappa shape index (κ1) is 25.5. The second-order valence-corrected chi connectivity index (χ2v) is 8.68. The van der Waals surface area contributed by atoms with Crippen molar-refractivity contribution in [1.29, 1.82) is 0 Å². The maximum absolute atomic E-state index is 13.3. The molecule has 8 heteroatoms. The average molecular weight is 497 g/mol. The zero-order valence-corrected chi connectivity index (χ0v) is 20.5. The molecule has 0 aliphatic heterocycles. The van der Waals surface area contributed by atoms with Crippen molar-refractivity contribution in [2.24, 2.45) is 5.73 Å². The average Bonchev–Trinajstić information content (AvgIpc) is 3.31. The summed E-state index contributed by atoms with van der Waals surface area (Å²) >= 11 is 0. The molecule has 4 rings (SSSR count). The molecule has 2 amide bonds. The first-order valence-electron chi connectivity index (χ1n) is 11.9. The Morgan fingerprint density at radius 3 is 2.16 bits per heavy atom. The van der Waals surface area contributed by atoms with Gasteiger partial charge in [0.25, 0.3) is 11.8 Å². The largest absolute Gasteiger partial charge is 0.372 e. The van der Waals surface area contributed by atoms with Crippen LogP contribution in [0.2, 0.25) is 0 Å². The van der Waals surface area contributed by atoms with Crippen LogP contribution in [0.5, 0.6) is 0 Å². The molecule has 1 aromatic heterocycles. The fourth-order valence-electron chi connectivity index (χ4n) is 3.96. The van der Waals surface area contributed by atoms with Gasteiger partial charge in [-0.2, -0.15) is 5.10 Å². The number of carbonyl (C=O) groups excluding carboxylic acids is 3. The summed E-state index contributed by atoms with van der Waals surface area (Å²) in [6.07, 6.45) is 0.135. The van der Waals surface area contributed by atoms with Crippen LogP contribution >= 0.6 is 0 Å². The Hall–Kier alpha value is -4.56. The van der Waals surface area contributed by atoms with E-state index in [-0.39, 0.29) is 12.1 Å². The molecule has 0 spiro atoms. The SMILES string of the molecule is Cc1cc(C(=O)NC(Cc2ccccc2)C(=O)C(N)=O)n(-c2cccc(COCc3ccccc3)c2)n1. The number of aromatic nitrogens is 2. The van der Waals surface area contributed by atoms with E-state index < -0.39 is 23.6 Å². The maximum atomic E-state index is 13.3. The normalized spacial score (nSPS) is 11.6. The molecule has 0 aliphatic carbocycles. The van der Waals surface area contributed by atoms with E-state index in [0.717, 1.165) is 16.7 Å². The molecule has 3 N–H and O–H groups in total. The topological polar surface area (TPSA) is 116 Å². The lowest BCUT2D eigenvalue weighted by atomic mass is 10.0. The van der Waals surface area contributed by atoms with Crippen LogP contribution < -0.4 is 11.1 Å². The van der Waals surface area contributed by atoms with Crippen molar-refractivity contribution in [3.63, 3.8) is 0 Å². The number of hydrogen-bond acceptors (Lipinski definition) is 5. The van der Waals surface area contributed by atoms with Crippen molar-refractivity contribution < 1.29 is 19.1 Å². The van der Waals surface area contributed by atoms with Gasteiger partial charge in [-0.05, 0) is 41.8 Å². The fraction of sp³-hybridized carbons (Fsp3) is 0.172. The number of carbonyl (C=O) groups is 3. The molecule has 188 valence electrons. The number of ketones is 1. The standard InChI is InChI=1S/C29H28N4O4/c1-20-15-26(29(36)31-25(27(34)28(30)35)17-21-9-4-2-5-10-21)33(32-20)24-14-8-13-23(16-24)19-37-18-22-11-6-3-7-12-22/h2-16,25H,17-19H2,1H3,(H2,30,35)(H,31,36). The third-order valence-corrected chi connectivity index (χ3v) is 5.75. The van der Waals surface area contributed by atoms with Crippen LogP contribution in [0.25, 0.3) is 5.69 Å². The lowest BCUT2D eigenvalue weighted by Crippen LogP contribution is -2.47. The highest BCUT2D eigenvalue weighted by Gasteiger charge is 2.27. The van der Waals surface area contributed by atoms with Gasteiger partial charge in [0, 0.05) is 6.42 Å². The Morgan fingerprint density at radius 1 is 0.865 bits per heavy atom. The molecule has 8 nitrogen and oxygen atoms in total. The Kier molecular flexibility index (Phi) is 8.22. The van der Waals surface area contributed by atoms with Crippen LogP contribution in [0, 0.1) is 6.92 Å². The number of primary amides is 1. The van der Waals surface area contributed by atoms with Gasteiger partial charge in [-0.25, -0.2) is 4.68 Å². The van der Waals surface area contributed by atoms with Crippen LogP contribution in [0.3, 0.4) is 0 Å². The molecule has 37 heavy (non-hydrogen) atoms. The fourth-order valence-corrected chi connectivity index (χ4v) is 3.96. The number of hydrogen-bond donors (Lipinski definition) is 2. The predicted molar refractivity (Wildman–Crippen MR) is 139 cm³/mol. The van der Waals surface area contributed by atoms with E-state index in [2.05, 4.69) is 10.4 Å². The van der Waals surface area contributed by atoms with Crippen LogP contribution in [-0.2, 0) is 34.0 Å². The summed E-state index contributed by atoms with van der Waals surface area (Å²) in [6.45, 7) is 2.64. The third kappa shape index (κ3) is 6.77. The summed E-state index contributed by atoms with van der Waals surface area (Å²) in [5, 5.41) is 7.16. The van der Waals surface area contributed by atoms with E-state index in [9.17, 15) is 14.4 Å². The first-order chi connectivity index (χ1) is 17.9. The predicted octanol–water partition coefficient (Wildman–Crippen LogP) is 3.29. The van der Waals surface area contributed by atoms with E-state index >= 15 is 0 Å². The van der Waals surface area contributed by atoms with E-state index in [1.165, 1.54) is 4.68 Å². The molecule has 1 unspecified atom stereocenters. The van der Waals surface area contributed by atoms with E-state index in [0.29, 0.717) is 24.6 Å². The second kappa shape index (κ2) is 11.9. The minimum Gasteiger partial charge on any atom is -0.372 e. The highest BCUT2D eigenvalue weighted by Crippen LogP contribution is 2.16. The van der Waals surface area contributed by atoms with Gasteiger partial charge >= 0.3 is 0 Å². The molecule has 4 aromatic rings. The molecule has 0 saturated carbocycles. The van der Waals surface area contributed by atoms with Gasteiger partial charge < -0.3 is 15.8 Å². The molecule has 0 bridgehead atoms. The summed E-state index contributed by atoms with van der Waals surface area (Å²) in [5.41, 5.74) is 9.56. The minimum absolute atomic E-state index is 0.135. The van der Waals surface area contributed by atoms with Crippen molar-refractivity contribution in [3.05, 3.63) is 119 Å². The van der Waals surface area contributed by atoms with Gasteiger partial charge in [0.1, 0.15) is 11.7 Å². The van der Waals surface area contributed by atoms with Gasteiger partial charge in [0.05, 0.1) is 24.6 Å². The van der Waals surface area contributed by atoms with Crippen molar-refractivity contribution in [2.75, 3.05) is 0 Å². The number of rotatable bonds is 11. The Morgan fingerprint density at radius 2 is 1.49 bits per heavy atom. The van der Waals surface area contributed by atoms with Crippen LogP contribution in [0.4, 0.5) is 0 Å². The Balaban J connectivity index is 1.52. The van der Waals surface area contributed by atoms with Gasteiger partial charge in [-0.3, -0.25) is 14.4 Å². The van der Waals surface area contributed by atoms with Gasteiger partial charge in [-0.15, -0.1) is 0 Å². The molecule has 0 aliphatic rings. The smallest absolute Gasteiger partial charge is 0.287 e. The van der Waals surface area contributed by atoms with Gasteiger partial charge in [0.2, 0.25) is 5.78 Å². The number of nitrogens with one attached hydrogen (secondary N) is 1. The number of Topliss-reactive ketones (excluding diaryl/α,β-unsaturated/α-hetero) is 1. The Bertz CT molecular complexity index is 1380. The van der Waals surface area contributed by atoms with Crippen molar-refractivity contribution >= 4 is 17.6 Å². The zero-order chi connectivity index (χ0) is 26.2. The number of amides is 2. The zero-order valence-electron chi connectivity index (χ0n) is 20.5. The molecule has 3 aromatic carbocycles. The molecule has 0 saturated heterocycles. The molecule has 0 radical (unpaired) electrons. The number of benzene rings is 3.